The molecule has 7 nitrogen and oxygen atoms in total. The maximum Gasteiger partial charge on any atom is 0.216 e. The predicted molar refractivity (Wildman–Crippen MR) is 122 cm³/mol. The summed E-state index contributed by atoms with van der Waals surface area (Å²) >= 11 is 0. The number of nitrogens with one attached hydrogen (secondary N) is 2. The first kappa shape index (κ1) is 21.2. The van der Waals surface area contributed by atoms with E-state index in [1.165, 1.54) is 19.1 Å². The second-order valence-electron chi connectivity index (χ2n) is 7.10. The molecule has 32 heavy (non-hydrogen) atoms. The van der Waals surface area contributed by atoms with Gasteiger partial charge < -0.3 is 15.4 Å². The Morgan fingerprint density at radius 2 is 1.91 bits per heavy atom. The summed E-state index contributed by atoms with van der Waals surface area (Å²) in [6, 6.07) is 13.8. The molecule has 2 aromatic heterocycles. The Kier molecular flexibility index (Phi) is 6.21. The van der Waals surface area contributed by atoms with Gasteiger partial charge in [-0.3, -0.25) is 9.78 Å². The smallest absolute Gasteiger partial charge is 0.216 e. The first-order valence-electron chi connectivity index (χ1n) is 10.1. The van der Waals surface area contributed by atoms with E-state index in [9.17, 15) is 9.18 Å². The Hall–Kier alpha value is -4.07. The Labute approximate surface area is 184 Å². The van der Waals surface area contributed by atoms with Crippen molar-refractivity contribution in [3.8, 4) is 28.3 Å². The van der Waals surface area contributed by atoms with Gasteiger partial charge in [-0.1, -0.05) is 12.1 Å². The molecule has 0 aliphatic heterocycles. The van der Waals surface area contributed by atoms with Gasteiger partial charge in [0.1, 0.15) is 29.5 Å². The van der Waals surface area contributed by atoms with E-state index in [2.05, 4.69) is 20.6 Å². The van der Waals surface area contributed by atoms with Crippen LogP contribution in [0.25, 0.3) is 33.4 Å². The average Bonchev–Trinajstić information content (AvgIpc) is 2.81. The van der Waals surface area contributed by atoms with Gasteiger partial charge in [0.25, 0.3) is 0 Å². The van der Waals surface area contributed by atoms with Gasteiger partial charge in [0, 0.05) is 37.3 Å². The monoisotopic (exact) mass is 431 g/mol. The molecule has 0 saturated heterocycles. The van der Waals surface area contributed by atoms with Crippen molar-refractivity contribution in [2.75, 3.05) is 25.5 Å². The van der Waals surface area contributed by atoms with E-state index in [0.717, 1.165) is 16.5 Å². The van der Waals surface area contributed by atoms with E-state index in [1.54, 1.807) is 25.5 Å². The molecule has 2 N–H and O–H groups in total. The van der Waals surface area contributed by atoms with Crippen LogP contribution in [0.15, 0.2) is 60.9 Å². The topological polar surface area (TPSA) is 89.0 Å². The number of hydrogen-bond acceptors (Lipinski definition) is 6. The molecular formula is C24H22FN5O2. The molecule has 0 aliphatic carbocycles. The van der Waals surface area contributed by atoms with Crippen molar-refractivity contribution >= 4 is 22.6 Å². The molecular weight excluding hydrogens is 409 g/mol. The van der Waals surface area contributed by atoms with Crippen LogP contribution in [-0.4, -0.2) is 41.1 Å². The minimum atomic E-state index is -0.326. The number of halogens is 1. The van der Waals surface area contributed by atoms with Gasteiger partial charge >= 0.3 is 0 Å². The SMILES string of the molecule is CNc1nc(-c2cccnc2)nc2c(OCCNC(C)=O)cc(-c3cccc(F)c3)cc12. The second kappa shape index (κ2) is 9.38. The number of pyridine rings is 1. The quantitative estimate of drug-likeness (QED) is 0.429. The van der Waals surface area contributed by atoms with E-state index in [0.29, 0.717) is 35.0 Å². The average molecular weight is 431 g/mol. The van der Waals surface area contributed by atoms with Crippen LogP contribution in [0.3, 0.4) is 0 Å². The first-order valence-corrected chi connectivity index (χ1v) is 10.1. The summed E-state index contributed by atoms with van der Waals surface area (Å²) in [5, 5.41) is 6.56. The number of ether oxygens (including phenoxy) is 1. The van der Waals surface area contributed by atoms with Crippen LogP contribution in [-0.2, 0) is 4.79 Å². The van der Waals surface area contributed by atoms with Crippen molar-refractivity contribution in [2.24, 2.45) is 0 Å². The molecule has 0 spiro atoms. The van der Waals surface area contributed by atoms with Gasteiger partial charge in [0.05, 0.1) is 6.54 Å². The largest absolute Gasteiger partial charge is 0.489 e. The van der Waals surface area contributed by atoms with Crippen LogP contribution < -0.4 is 15.4 Å². The van der Waals surface area contributed by atoms with Gasteiger partial charge in [-0.25, -0.2) is 14.4 Å². The number of nitrogens with zero attached hydrogens (tertiary/aromatic N) is 3. The maximum atomic E-state index is 13.9. The van der Waals surface area contributed by atoms with Crippen LogP contribution in [0.1, 0.15) is 6.92 Å². The number of amides is 1. The molecule has 1 amide bonds. The van der Waals surface area contributed by atoms with Gasteiger partial charge in [-0.15, -0.1) is 0 Å². The first-order chi connectivity index (χ1) is 15.5. The summed E-state index contributed by atoms with van der Waals surface area (Å²) in [6.45, 7) is 2.05. The zero-order chi connectivity index (χ0) is 22.5. The van der Waals surface area contributed by atoms with E-state index >= 15 is 0 Å². The number of aromatic nitrogens is 3. The lowest BCUT2D eigenvalue weighted by Gasteiger charge is -2.15. The molecule has 0 bridgehead atoms. The lowest BCUT2D eigenvalue weighted by molar-refractivity contribution is -0.119. The van der Waals surface area contributed by atoms with Crippen molar-refractivity contribution in [2.45, 2.75) is 6.92 Å². The van der Waals surface area contributed by atoms with E-state index in [4.69, 9.17) is 9.72 Å². The lowest BCUT2D eigenvalue weighted by atomic mass is 10.0. The molecule has 0 saturated carbocycles. The van der Waals surface area contributed by atoms with Gasteiger partial charge in [0.2, 0.25) is 5.91 Å². The molecule has 2 heterocycles. The third kappa shape index (κ3) is 4.64. The minimum Gasteiger partial charge on any atom is -0.489 e. The second-order valence-corrected chi connectivity index (χ2v) is 7.10. The number of carbonyl (C=O) groups excluding carboxylic acids is 1. The summed E-state index contributed by atoms with van der Waals surface area (Å²) < 4.78 is 19.9. The summed E-state index contributed by atoms with van der Waals surface area (Å²) in [7, 11) is 1.78. The lowest BCUT2D eigenvalue weighted by Crippen LogP contribution is -2.25. The van der Waals surface area contributed by atoms with Crippen LogP contribution >= 0.6 is 0 Å². The van der Waals surface area contributed by atoms with E-state index < -0.39 is 0 Å². The number of benzene rings is 2. The third-order valence-electron chi connectivity index (χ3n) is 4.81. The number of carbonyl (C=O) groups is 1. The molecule has 2 aromatic carbocycles. The van der Waals surface area contributed by atoms with Crippen molar-refractivity contribution in [3.05, 3.63) is 66.7 Å². The van der Waals surface area contributed by atoms with Gasteiger partial charge in [-0.2, -0.15) is 0 Å². The zero-order valence-corrected chi connectivity index (χ0v) is 17.7. The van der Waals surface area contributed by atoms with Crippen molar-refractivity contribution in [3.63, 3.8) is 0 Å². The standard InChI is InChI=1S/C24H22FN5O2/c1-15(31)28-9-10-32-21-13-18(16-5-3-7-19(25)11-16)12-20-22(21)29-23(30-24(20)26-2)17-6-4-8-27-14-17/h3-8,11-14H,9-10H2,1-2H3,(H,28,31)(H,26,29,30). The highest BCUT2D eigenvalue weighted by Gasteiger charge is 2.16. The molecule has 4 rings (SSSR count). The van der Waals surface area contributed by atoms with Crippen LogP contribution in [0.5, 0.6) is 5.75 Å². The van der Waals surface area contributed by atoms with Crippen molar-refractivity contribution in [1.82, 2.24) is 20.3 Å². The fraction of sp³-hybridized carbons (Fsp3) is 0.167. The number of hydrogen-bond donors (Lipinski definition) is 2. The zero-order valence-electron chi connectivity index (χ0n) is 17.7. The van der Waals surface area contributed by atoms with E-state index in [-0.39, 0.29) is 18.3 Å². The highest BCUT2D eigenvalue weighted by Crippen LogP contribution is 2.36. The highest BCUT2D eigenvalue weighted by atomic mass is 19.1. The molecule has 0 fully saturated rings. The Morgan fingerprint density at radius 3 is 2.62 bits per heavy atom. The van der Waals surface area contributed by atoms with Crippen molar-refractivity contribution < 1.29 is 13.9 Å². The number of anilines is 1. The fourth-order valence-corrected chi connectivity index (χ4v) is 3.35. The normalized spacial score (nSPS) is 10.7. The highest BCUT2D eigenvalue weighted by molar-refractivity contribution is 5.97. The molecule has 0 unspecified atom stereocenters. The van der Waals surface area contributed by atoms with Gasteiger partial charge in [-0.05, 0) is 47.5 Å². The van der Waals surface area contributed by atoms with E-state index in [1.807, 2.05) is 30.3 Å². The molecule has 4 aromatic rings. The molecule has 0 radical (unpaired) electrons. The molecule has 8 heteroatoms. The summed E-state index contributed by atoms with van der Waals surface area (Å²) in [6.07, 6.45) is 3.38. The van der Waals surface area contributed by atoms with Crippen LogP contribution in [0.2, 0.25) is 0 Å². The molecule has 0 aliphatic rings. The Morgan fingerprint density at radius 1 is 1.06 bits per heavy atom. The Balaban J connectivity index is 1.86. The number of fused-ring (bicyclic) bond motifs is 1. The molecule has 0 atom stereocenters. The van der Waals surface area contributed by atoms with Crippen LogP contribution in [0, 0.1) is 5.82 Å². The maximum absolute atomic E-state index is 13.9. The van der Waals surface area contributed by atoms with Crippen LogP contribution in [0.4, 0.5) is 10.2 Å². The summed E-state index contributed by atoms with van der Waals surface area (Å²) in [5.41, 5.74) is 2.84. The third-order valence-corrected chi connectivity index (χ3v) is 4.81. The predicted octanol–water partition coefficient (Wildman–Crippen LogP) is 4.05. The summed E-state index contributed by atoms with van der Waals surface area (Å²) in [4.78, 5) is 24.7. The Bertz CT molecular complexity index is 1260. The number of rotatable bonds is 7. The van der Waals surface area contributed by atoms with Gasteiger partial charge in [0.15, 0.2) is 5.82 Å². The van der Waals surface area contributed by atoms with Crippen molar-refractivity contribution in [1.29, 1.82) is 0 Å². The fourth-order valence-electron chi connectivity index (χ4n) is 3.35. The molecule has 162 valence electrons. The summed E-state index contributed by atoms with van der Waals surface area (Å²) in [5.74, 6) is 1.16. The minimum absolute atomic E-state index is 0.134.